The van der Waals surface area contributed by atoms with Gasteiger partial charge in [0.25, 0.3) is 0 Å². The van der Waals surface area contributed by atoms with Gasteiger partial charge in [-0.2, -0.15) is 0 Å². The highest BCUT2D eigenvalue weighted by Crippen LogP contribution is 2.21. The Morgan fingerprint density at radius 3 is 0.941 bits per heavy atom. The van der Waals surface area contributed by atoms with Crippen LogP contribution < -0.4 is 14.0 Å². The number of aryl methyl sites for hydroxylation is 3. The second kappa shape index (κ2) is 14.4. The molecule has 0 aliphatic rings. The molecule has 4 heteroatoms. The predicted molar refractivity (Wildman–Crippen MR) is 143 cm³/mol. The molecule has 3 nitrogen and oxygen atoms in total. The van der Waals surface area contributed by atoms with Crippen molar-refractivity contribution >= 4 is 7.32 Å². The van der Waals surface area contributed by atoms with Gasteiger partial charge in [0.15, 0.2) is 0 Å². The predicted octanol–water partition coefficient (Wildman–Crippen LogP) is 8.24. The van der Waals surface area contributed by atoms with Crippen LogP contribution >= 0.6 is 0 Å². The van der Waals surface area contributed by atoms with E-state index in [1.54, 1.807) is 0 Å². The van der Waals surface area contributed by atoms with E-state index in [1.165, 1.54) is 55.2 Å². The zero-order valence-electron chi connectivity index (χ0n) is 21.1. The average molecular weight is 458 g/mol. The van der Waals surface area contributed by atoms with Crippen molar-refractivity contribution in [3.8, 4) is 17.2 Å². The lowest BCUT2D eigenvalue weighted by Crippen LogP contribution is -2.37. The van der Waals surface area contributed by atoms with Crippen LogP contribution in [0, 0.1) is 0 Å². The number of hydrogen-bond acceptors (Lipinski definition) is 3. The largest absolute Gasteiger partial charge is 0.864 e. The molecule has 3 aromatic carbocycles. The van der Waals surface area contributed by atoms with Crippen molar-refractivity contribution < 1.29 is 14.0 Å². The average Bonchev–Trinajstić information content (AvgIpc) is 2.87. The van der Waals surface area contributed by atoms with Gasteiger partial charge >= 0.3 is 7.32 Å². The standard InChI is InChI=1S/C30H39BO3/c1-4-7-10-25-13-19-28(20-14-25)32-31(33-29-21-15-26(16-22-29)11-8-5-2)34-30-23-17-27(18-24-30)12-9-6-3/h13-24H,4-12H2,1-3H3. The third-order valence-electron chi connectivity index (χ3n) is 5.92. The minimum atomic E-state index is -0.885. The van der Waals surface area contributed by atoms with Crippen molar-refractivity contribution in [3.63, 3.8) is 0 Å². The molecular formula is C30H39BO3. The first-order valence-electron chi connectivity index (χ1n) is 13.0. The SMILES string of the molecule is CCCCc1ccc(OB(Oc2ccc(CCCC)cc2)Oc2ccc(CCCC)cc2)cc1. The van der Waals surface area contributed by atoms with Gasteiger partial charge in [-0.3, -0.25) is 0 Å². The molecule has 0 heterocycles. The summed E-state index contributed by atoms with van der Waals surface area (Å²) in [6, 6.07) is 24.7. The Kier molecular flexibility index (Phi) is 10.9. The van der Waals surface area contributed by atoms with E-state index in [1.807, 2.05) is 36.4 Å². The number of benzene rings is 3. The molecule has 0 fully saturated rings. The summed E-state index contributed by atoms with van der Waals surface area (Å²) in [5, 5.41) is 0. The van der Waals surface area contributed by atoms with Crippen LogP contribution in [0.3, 0.4) is 0 Å². The first-order chi connectivity index (χ1) is 16.7. The molecule has 0 atom stereocenters. The van der Waals surface area contributed by atoms with Crippen LogP contribution in [0.5, 0.6) is 17.2 Å². The highest BCUT2D eigenvalue weighted by atomic mass is 16.7. The molecule has 3 aromatic rings. The Labute approximate surface area is 206 Å². The van der Waals surface area contributed by atoms with E-state index < -0.39 is 7.32 Å². The molecule has 0 bridgehead atoms. The second-order valence-corrected chi connectivity index (χ2v) is 8.88. The van der Waals surface area contributed by atoms with Gasteiger partial charge in [0.05, 0.1) is 0 Å². The Balaban J connectivity index is 1.69. The van der Waals surface area contributed by atoms with Gasteiger partial charge in [-0.25, -0.2) is 0 Å². The molecule has 180 valence electrons. The van der Waals surface area contributed by atoms with Crippen LogP contribution in [-0.4, -0.2) is 7.32 Å². The van der Waals surface area contributed by atoms with E-state index in [2.05, 4.69) is 57.2 Å². The molecule has 3 rings (SSSR count). The van der Waals surface area contributed by atoms with E-state index in [9.17, 15) is 0 Å². The minimum absolute atomic E-state index is 0.726. The molecule has 0 N–H and O–H groups in total. The third-order valence-corrected chi connectivity index (χ3v) is 5.92. The van der Waals surface area contributed by atoms with Crippen molar-refractivity contribution in [2.45, 2.75) is 78.6 Å². The lowest BCUT2D eigenvalue weighted by Gasteiger charge is -2.17. The zero-order valence-corrected chi connectivity index (χ0v) is 21.1. The number of unbranched alkanes of at least 4 members (excludes halogenated alkanes) is 3. The van der Waals surface area contributed by atoms with Gasteiger partial charge < -0.3 is 14.0 Å². The Bertz CT molecular complexity index is 809. The van der Waals surface area contributed by atoms with E-state index in [4.69, 9.17) is 14.0 Å². The number of rotatable bonds is 15. The molecule has 0 amide bonds. The Morgan fingerprint density at radius 2 is 0.706 bits per heavy atom. The van der Waals surface area contributed by atoms with Crippen molar-refractivity contribution in [3.05, 3.63) is 89.5 Å². The second-order valence-electron chi connectivity index (χ2n) is 8.88. The molecule has 0 saturated heterocycles. The molecule has 0 unspecified atom stereocenters. The van der Waals surface area contributed by atoms with Gasteiger partial charge in [0, 0.05) is 0 Å². The minimum Gasteiger partial charge on any atom is -0.490 e. The summed E-state index contributed by atoms with van der Waals surface area (Å²) < 4.78 is 18.4. The lowest BCUT2D eigenvalue weighted by molar-refractivity contribution is 0.307. The van der Waals surface area contributed by atoms with Gasteiger partial charge in [-0.05, 0) is 91.6 Å². The fourth-order valence-electron chi connectivity index (χ4n) is 3.75. The quantitative estimate of drug-likeness (QED) is 0.215. The van der Waals surface area contributed by atoms with Crippen LogP contribution in [0.2, 0.25) is 0 Å². The fourth-order valence-corrected chi connectivity index (χ4v) is 3.75. The lowest BCUT2D eigenvalue weighted by atomic mass is 10.1. The highest BCUT2D eigenvalue weighted by Gasteiger charge is 2.30. The van der Waals surface area contributed by atoms with E-state index in [0.29, 0.717) is 0 Å². The van der Waals surface area contributed by atoms with Gasteiger partial charge in [-0.15, -0.1) is 0 Å². The zero-order chi connectivity index (χ0) is 24.0. The monoisotopic (exact) mass is 458 g/mol. The summed E-state index contributed by atoms with van der Waals surface area (Å²) in [6.07, 6.45) is 10.4. The van der Waals surface area contributed by atoms with E-state index in [0.717, 1.165) is 36.5 Å². The van der Waals surface area contributed by atoms with Crippen molar-refractivity contribution in [2.24, 2.45) is 0 Å². The van der Waals surface area contributed by atoms with Crippen molar-refractivity contribution in [2.75, 3.05) is 0 Å². The third kappa shape index (κ3) is 8.81. The smallest absolute Gasteiger partial charge is 0.490 e. The molecule has 0 spiro atoms. The van der Waals surface area contributed by atoms with E-state index >= 15 is 0 Å². The summed E-state index contributed by atoms with van der Waals surface area (Å²) in [4.78, 5) is 0. The van der Waals surface area contributed by atoms with Crippen LogP contribution in [0.15, 0.2) is 72.8 Å². The maximum absolute atomic E-state index is 6.13. The summed E-state index contributed by atoms with van der Waals surface area (Å²) in [5.74, 6) is 2.18. The highest BCUT2D eigenvalue weighted by molar-refractivity contribution is 6.39. The summed E-state index contributed by atoms with van der Waals surface area (Å²) in [6.45, 7) is 6.64. The molecule has 0 radical (unpaired) electrons. The summed E-state index contributed by atoms with van der Waals surface area (Å²) in [7, 11) is -0.885. The van der Waals surface area contributed by atoms with Crippen molar-refractivity contribution in [1.29, 1.82) is 0 Å². The van der Waals surface area contributed by atoms with Crippen LogP contribution in [0.1, 0.15) is 76.0 Å². The number of hydrogen-bond donors (Lipinski definition) is 0. The topological polar surface area (TPSA) is 27.7 Å². The molecule has 0 aliphatic heterocycles. The van der Waals surface area contributed by atoms with Gasteiger partial charge in [0.1, 0.15) is 17.2 Å². The first-order valence-corrected chi connectivity index (χ1v) is 13.0. The Morgan fingerprint density at radius 1 is 0.441 bits per heavy atom. The summed E-state index contributed by atoms with van der Waals surface area (Å²) >= 11 is 0. The maximum atomic E-state index is 6.13. The fraction of sp³-hybridized carbons (Fsp3) is 0.400. The van der Waals surface area contributed by atoms with E-state index in [-0.39, 0.29) is 0 Å². The van der Waals surface area contributed by atoms with Crippen LogP contribution in [0.4, 0.5) is 0 Å². The van der Waals surface area contributed by atoms with Crippen molar-refractivity contribution in [1.82, 2.24) is 0 Å². The normalized spacial score (nSPS) is 10.7. The molecule has 0 saturated carbocycles. The van der Waals surface area contributed by atoms with Gasteiger partial charge in [0.2, 0.25) is 0 Å². The molecule has 34 heavy (non-hydrogen) atoms. The molecule has 0 aromatic heterocycles. The van der Waals surface area contributed by atoms with Crippen LogP contribution in [0.25, 0.3) is 0 Å². The van der Waals surface area contributed by atoms with Crippen LogP contribution in [-0.2, 0) is 19.3 Å². The Hall–Kier alpha value is -2.88. The maximum Gasteiger partial charge on any atom is 0.864 e. The molecular weight excluding hydrogens is 419 g/mol. The van der Waals surface area contributed by atoms with Gasteiger partial charge in [-0.1, -0.05) is 76.4 Å². The first kappa shape index (κ1) is 25.7. The summed E-state index contributed by atoms with van der Waals surface area (Å²) in [5.41, 5.74) is 3.95. The molecule has 0 aliphatic carbocycles.